The van der Waals surface area contributed by atoms with Crippen LogP contribution in [0.5, 0.6) is 0 Å². The van der Waals surface area contributed by atoms with Crippen LogP contribution in [0.25, 0.3) is 11.1 Å². The summed E-state index contributed by atoms with van der Waals surface area (Å²) in [6.07, 6.45) is -3.68. The van der Waals surface area contributed by atoms with Crippen molar-refractivity contribution in [3.05, 3.63) is 59.2 Å². The predicted molar refractivity (Wildman–Crippen MR) is 127 cm³/mol. The molecule has 0 radical (unpaired) electrons. The lowest BCUT2D eigenvalue weighted by molar-refractivity contribution is -0.186. The Hall–Kier alpha value is -3.36. The lowest BCUT2D eigenvalue weighted by Crippen LogP contribution is -2.45. The van der Waals surface area contributed by atoms with Gasteiger partial charge in [0.2, 0.25) is 0 Å². The second-order valence-corrected chi connectivity index (χ2v) is 8.90. The van der Waals surface area contributed by atoms with E-state index in [1.807, 2.05) is 24.0 Å². The number of nitrogens with two attached hydrogens (primary N) is 1. The number of hydrogen-bond donors (Lipinski definition) is 3. The second kappa shape index (κ2) is 10.3. The molecule has 4 N–H and O–H groups in total. The Morgan fingerprint density at radius 3 is 2.38 bits per heavy atom. The molecule has 9 heteroatoms. The molecule has 0 aliphatic carbocycles. The molecule has 182 valence electrons. The van der Waals surface area contributed by atoms with Crippen molar-refractivity contribution in [2.75, 3.05) is 19.6 Å². The largest absolute Gasteiger partial charge is 0.471 e. The molecule has 2 aromatic rings. The van der Waals surface area contributed by atoms with E-state index in [1.54, 1.807) is 37.3 Å². The molecule has 0 aromatic heterocycles. The van der Waals surface area contributed by atoms with Gasteiger partial charge in [-0.1, -0.05) is 35.9 Å². The van der Waals surface area contributed by atoms with E-state index in [9.17, 15) is 18.0 Å². The monoisotopic (exact) mass is 473 g/mol. The van der Waals surface area contributed by atoms with Crippen molar-refractivity contribution in [2.45, 2.75) is 39.4 Å². The summed E-state index contributed by atoms with van der Waals surface area (Å²) in [7, 11) is 0. The number of amidine groups is 2. The number of aryl methyl sites for hydroxylation is 1. The fourth-order valence-electron chi connectivity index (χ4n) is 4.37. The molecule has 0 atom stereocenters. The van der Waals surface area contributed by atoms with Crippen molar-refractivity contribution in [1.29, 1.82) is 10.8 Å². The number of hydrogen-bond acceptors (Lipinski definition) is 3. The molecule has 1 fully saturated rings. The number of nitrogen functional groups attached to an aromatic ring is 1. The topological polar surface area (TPSA) is 97.3 Å². The maximum absolute atomic E-state index is 13.4. The van der Waals surface area contributed by atoms with Crippen LogP contribution in [0.4, 0.5) is 13.2 Å². The predicted octanol–water partition coefficient (Wildman–Crippen LogP) is 4.55. The van der Waals surface area contributed by atoms with Crippen molar-refractivity contribution < 1.29 is 18.0 Å². The number of carbonyl (C=O) groups is 1. The van der Waals surface area contributed by atoms with Crippen LogP contribution >= 0.6 is 0 Å². The summed E-state index contributed by atoms with van der Waals surface area (Å²) < 4.78 is 40.2. The second-order valence-electron chi connectivity index (χ2n) is 8.90. The summed E-state index contributed by atoms with van der Waals surface area (Å²) in [4.78, 5) is 15.1. The first kappa shape index (κ1) is 25.3. The smallest absolute Gasteiger partial charge is 0.384 e. The number of halogens is 3. The maximum atomic E-state index is 13.4. The van der Waals surface area contributed by atoms with Gasteiger partial charge < -0.3 is 15.5 Å². The van der Waals surface area contributed by atoms with Crippen LogP contribution in [0.15, 0.2) is 42.5 Å². The highest BCUT2D eigenvalue weighted by Crippen LogP contribution is 2.27. The number of piperidine rings is 1. The first-order valence-corrected chi connectivity index (χ1v) is 11.2. The zero-order valence-corrected chi connectivity index (χ0v) is 19.4. The fraction of sp³-hybridized carbons (Fsp3) is 0.400. The van der Waals surface area contributed by atoms with E-state index >= 15 is 0 Å². The van der Waals surface area contributed by atoms with Gasteiger partial charge in [-0.05, 0) is 61.4 Å². The number of carbonyl (C=O) groups excluding carboxylic acids is 1. The molecule has 6 nitrogen and oxygen atoms in total. The minimum absolute atomic E-state index is 0.0202. The molecule has 1 aliphatic rings. The van der Waals surface area contributed by atoms with E-state index in [4.69, 9.17) is 16.6 Å². The van der Waals surface area contributed by atoms with Gasteiger partial charge in [-0.25, -0.2) is 0 Å². The van der Waals surface area contributed by atoms with Gasteiger partial charge in [0.25, 0.3) is 0 Å². The van der Waals surface area contributed by atoms with E-state index in [0.717, 1.165) is 21.6 Å². The molecule has 3 rings (SSSR count). The molecule has 1 amide bonds. The lowest BCUT2D eigenvalue weighted by atomic mass is 9.95. The van der Waals surface area contributed by atoms with E-state index < -0.39 is 12.1 Å². The minimum atomic E-state index is -4.95. The highest BCUT2D eigenvalue weighted by atomic mass is 19.4. The molecular weight excluding hydrogens is 443 g/mol. The van der Waals surface area contributed by atoms with Gasteiger partial charge in [0.1, 0.15) is 5.84 Å². The highest BCUT2D eigenvalue weighted by molar-refractivity contribution is 5.96. The van der Waals surface area contributed by atoms with Crippen molar-refractivity contribution in [3.63, 3.8) is 0 Å². The third-order valence-corrected chi connectivity index (χ3v) is 6.11. The fourth-order valence-corrected chi connectivity index (χ4v) is 4.37. The maximum Gasteiger partial charge on any atom is 0.471 e. The summed E-state index contributed by atoms with van der Waals surface area (Å²) in [5.41, 5.74) is 9.19. The molecule has 0 bridgehead atoms. The third kappa shape index (κ3) is 6.36. The van der Waals surface area contributed by atoms with Gasteiger partial charge in [0, 0.05) is 31.7 Å². The Balaban J connectivity index is 1.85. The number of amides is 1. The van der Waals surface area contributed by atoms with Crippen LogP contribution < -0.4 is 5.73 Å². The summed E-state index contributed by atoms with van der Waals surface area (Å²) in [6, 6.07) is 12.6. The molecule has 1 saturated heterocycles. The average Bonchev–Trinajstić information content (AvgIpc) is 2.77. The molecule has 2 aromatic carbocycles. The Labute approximate surface area is 197 Å². The van der Waals surface area contributed by atoms with Crippen LogP contribution in [0.2, 0.25) is 0 Å². The summed E-state index contributed by atoms with van der Waals surface area (Å²) >= 11 is 0. The number of benzene rings is 2. The molecule has 1 heterocycles. The quantitative estimate of drug-likeness (QED) is 0.424. The molecular formula is C25H30F3N5O. The number of nitrogens with zero attached hydrogens (tertiary/aromatic N) is 2. The standard InChI is InChI=1S/C25H30F3N5O/c1-16-10-19(12-22(11-16)20-4-3-5-21(13-20)23(30)31)15-33(24(34)25(26,27)28)14-18-6-8-32(9-7-18)17(2)29/h3-5,10-13,18,29H,6-9,14-15H2,1-2H3,(H3,30,31). The lowest BCUT2D eigenvalue weighted by Gasteiger charge is -2.35. The van der Waals surface area contributed by atoms with Crippen LogP contribution in [0.3, 0.4) is 0 Å². The average molecular weight is 474 g/mol. The van der Waals surface area contributed by atoms with Crippen molar-refractivity contribution >= 4 is 17.6 Å². The van der Waals surface area contributed by atoms with E-state index in [1.165, 1.54) is 0 Å². The van der Waals surface area contributed by atoms with Gasteiger partial charge in [-0.3, -0.25) is 15.6 Å². The van der Waals surface area contributed by atoms with Crippen molar-refractivity contribution in [2.24, 2.45) is 11.7 Å². The minimum Gasteiger partial charge on any atom is -0.384 e. The zero-order valence-electron chi connectivity index (χ0n) is 19.4. The summed E-state index contributed by atoms with van der Waals surface area (Å²) in [6.45, 7) is 4.63. The van der Waals surface area contributed by atoms with Gasteiger partial charge in [0.15, 0.2) is 0 Å². The number of likely N-dealkylation sites (tertiary alicyclic amines) is 1. The zero-order chi connectivity index (χ0) is 25.0. The van der Waals surface area contributed by atoms with Crippen LogP contribution in [0.1, 0.15) is 36.5 Å². The third-order valence-electron chi connectivity index (χ3n) is 6.11. The van der Waals surface area contributed by atoms with Gasteiger partial charge in [-0.15, -0.1) is 0 Å². The normalized spacial score (nSPS) is 14.7. The Bertz CT molecular complexity index is 1070. The van der Waals surface area contributed by atoms with Gasteiger partial charge >= 0.3 is 12.1 Å². The van der Waals surface area contributed by atoms with Crippen LogP contribution in [-0.4, -0.2) is 53.2 Å². The molecule has 0 spiro atoms. The first-order chi connectivity index (χ1) is 15.9. The molecule has 1 aliphatic heterocycles. The molecule has 34 heavy (non-hydrogen) atoms. The molecule has 0 saturated carbocycles. The highest BCUT2D eigenvalue weighted by Gasteiger charge is 2.43. The van der Waals surface area contributed by atoms with Crippen LogP contribution in [0, 0.1) is 23.7 Å². The van der Waals surface area contributed by atoms with E-state index in [0.29, 0.717) is 42.9 Å². The summed E-state index contributed by atoms with van der Waals surface area (Å²) in [5, 5.41) is 15.4. The SMILES string of the molecule is CC(=N)N1CCC(CN(Cc2cc(C)cc(-c3cccc(C(=N)N)c3)c2)C(=O)C(F)(F)F)CC1. The Kier molecular flexibility index (Phi) is 7.64. The molecule has 0 unspecified atom stereocenters. The number of rotatable bonds is 6. The Morgan fingerprint density at radius 1 is 1.12 bits per heavy atom. The number of alkyl halides is 3. The first-order valence-electron chi connectivity index (χ1n) is 11.2. The van der Waals surface area contributed by atoms with Crippen molar-refractivity contribution in [1.82, 2.24) is 9.80 Å². The van der Waals surface area contributed by atoms with E-state index in [-0.39, 0.29) is 24.8 Å². The van der Waals surface area contributed by atoms with E-state index in [2.05, 4.69) is 0 Å². The number of nitrogens with one attached hydrogen (secondary N) is 2. The van der Waals surface area contributed by atoms with Gasteiger partial charge in [0.05, 0.1) is 5.84 Å². The van der Waals surface area contributed by atoms with Gasteiger partial charge in [-0.2, -0.15) is 13.2 Å². The summed E-state index contributed by atoms with van der Waals surface area (Å²) in [5.74, 6) is -1.51. The van der Waals surface area contributed by atoms with Crippen molar-refractivity contribution in [3.8, 4) is 11.1 Å². The Morgan fingerprint density at radius 2 is 1.79 bits per heavy atom. The van der Waals surface area contributed by atoms with Crippen LogP contribution in [-0.2, 0) is 11.3 Å².